The van der Waals surface area contributed by atoms with Crippen molar-refractivity contribution in [3.63, 3.8) is 0 Å². The van der Waals surface area contributed by atoms with Crippen LogP contribution in [0.25, 0.3) is 0 Å². The first-order chi connectivity index (χ1) is 13.3. The van der Waals surface area contributed by atoms with Gasteiger partial charge in [0.05, 0.1) is 13.2 Å². The zero-order chi connectivity index (χ0) is 21.3. The van der Waals surface area contributed by atoms with Crippen LogP contribution in [-0.4, -0.2) is 75.1 Å². The second kappa shape index (κ2) is 17.3. The van der Waals surface area contributed by atoms with E-state index in [1.807, 2.05) is 20.8 Å². The summed E-state index contributed by atoms with van der Waals surface area (Å²) in [5.41, 5.74) is -0.459. The fraction of sp³-hybridized carbons (Fsp3) is 0.952. The number of alkyl halides is 1. The summed E-state index contributed by atoms with van der Waals surface area (Å²) in [6.45, 7) is 12.0. The highest BCUT2D eigenvalue weighted by Crippen LogP contribution is 2.09. The standard InChI is InChI=1S/C21H43ClN2O4/c1-19(18-22)23-12-9-7-6-8-10-14-26-16-17-27-15-11-13-24(5)20(25)28-21(2,3)4/h19,23H,6-18H2,1-5H3. The second-order valence-corrected chi connectivity index (χ2v) is 8.57. The average Bonchev–Trinajstić information content (AvgIpc) is 2.62. The van der Waals surface area contributed by atoms with Crippen LogP contribution in [0.4, 0.5) is 4.79 Å². The highest BCUT2D eigenvalue weighted by Gasteiger charge is 2.18. The van der Waals surface area contributed by atoms with E-state index in [1.54, 1.807) is 11.9 Å². The molecule has 0 rings (SSSR count). The van der Waals surface area contributed by atoms with Gasteiger partial charge < -0.3 is 24.4 Å². The molecule has 1 N–H and O–H groups in total. The normalized spacial score (nSPS) is 12.8. The van der Waals surface area contributed by atoms with Crippen molar-refractivity contribution >= 4 is 17.7 Å². The summed E-state index contributed by atoms with van der Waals surface area (Å²) in [7, 11) is 1.74. The number of nitrogens with one attached hydrogen (secondary N) is 1. The number of unbranched alkanes of at least 4 members (excludes halogenated alkanes) is 4. The molecule has 1 atom stereocenters. The molecule has 0 bridgehead atoms. The Labute approximate surface area is 177 Å². The molecule has 0 aromatic rings. The van der Waals surface area contributed by atoms with Gasteiger partial charge in [-0.25, -0.2) is 4.79 Å². The largest absolute Gasteiger partial charge is 0.444 e. The average molecular weight is 423 g/mol. The molecule has 0 aromatic carbocycles. The fourth-order valence-electron chi connectivity index (χ4n) is 2.42. The maximum absolute atomic E-state index is 11.8. The molecule has 168 valence electrons. The Morgan fingerprint density at radius 1 is 0.964 bits per heavy atom. The van der Waals surface area contributed by atoms with Crippen molar-refractivity contribution in [1.82, 2.24) is 10.2 Å². The number of ether oxygens (including phenoxy) is 3. The molecule has 6 nitrogen and oxygen atoms in total. The van der Waals surface area contributed by atoms with Gasteiger partial charge in [-0.1, -0.05) is 19.3 Å². The minimum absolute atomic E-state index is 0.295. The first-order valence-electron chi connectivity index (χ1n) is 10.6. The Hall–Kier alpha value is -0.560. The second-order valence-electron chi connectivity index (χ2n) is 8.26. The maximum atomic E-state index is 11.8. The number of hydrogen-bond acceptors (Lipinski definition) is 5. The fourth-order valence-corrected chi connectivity index (χ4v) is 2.53. The molecule has 0 aliphatic carbocycles. The highest BCUT2D eigenvalue weighted by molar-refractivity contribution is 6.18. The molecule has 0 spiro atoms. The Bertz CT molecular complexity index is 378. The van der Waals surface area contributed by atoms with Crippen LogP contribution >= 0.6 is 11.6 Å². The van der Waals surface area contributed by atoms with Crippen LogP contribution in [0, 0.1) is 0 Å². The summed E-state index contributed by atoms with van der Waals surface area (Å²) in [5, 5.41) is 3.40. The SMILES string of the molecule is CC(CCl)NCCCCCCCOCCOCCCN(C)C(=O)OC(C)(C)C. The lowest BCUT2D eigenvalue weighted by molar-refractivity contribution is 0.0244. The minimum Gasteiger partial charge on any atom is -0.444 e. The van der Waals surface area contributed by atoms with Crippen molar-refractivity contribution in [3.8, 4) is 0 Å². The molecule has 0 heterocycles. The molecule has 0 radical (unpaired) electrons. The highest BCUT2D eigenvalue weighted by atomic mass is 35.5. The van der Waals surface area contributed by atoms with Crippen molar-refractivity contribution in [2.24, 2.45) is 0 Å². The van der Waals surface area contributed by atoms with Crippen molar-refractivity contribution in [2.45, 2.75) is 77.9 Å². The van der Waals surface area contributed by atoms with E-state index in [1.165, 1.54) is 25.7 Å². The van der Waals surface area contributed by atoms with Gasteiger partial charge >= 0.3 is 6.09 Å². The van der Waals surface area contributed by atoms with Gasteiger partial charge in [-0.2, -0.15) is 0 Å². The molecule has 0 saturated carbocycles. The van der Waals surface area contributed by atoms with Gasteiger partial charge in [0, 0.05) is 38.7 Å². The van der Waals surface area contributed by atoms with Crippen LogP contribution in [0.15, 0.2) is 0 Å². The predicted molar refractivity (Wildman–Crippen MR) is 116 cm³/mol. The van der Waals surface area contributed by atoms with Gasteiger partial charge in [0.1, 0.15) is 5.60 Å². The van der Waals surface area contributed by atoms with E-state index in [-0.39, 0.29) is 6.09 Å². The smallest absolute Gasteiger partial charge is 0.410 e. The van der Waals surface area contributed by atoms with Gasteiger partial charge in [-0.05, 0) is 53.5 Å². The van der Waals surface area contributed by atoms with E-state index < -0.39 is 5.60 Å². The number of hydrogen-bond donors (Lipinski definition) is 1. The van der Waals surface area contributed by atoms with Crippen LogP contribution in [0.3, 0.4) is 0 Å². The molecule has 1 unspecified atom stereocenters. The predicted octanol–water partition coefficient (Wildman–Crippen LogP) is 4.44. The summed E-state index contributed by atoms with van der Waals surface area (Å²) in [5.74, 6) is 0.671. The molecule has 0 saturated heterocycles. The quantitative estimate of drug-likeness (QED) is 0.277. The molecular weight excluding hydrogens is 380 g/mol. The number of halogens is 1. The molecule has 0 aliphatic heterocycles. The van der Waals surface area contributed by atoms with E-state index in [0.717, 1.165) is 26.0 Å². The van der Waals surface area contributed by atoms with Gasteiger partial charge in [-0.3, -0.25) is 0 Å². The van der Waals surface area contributed by atoms with Crippen molar-refractivity contribution in [3.05, 3.63) is 0 Å². The van der Waals surface area contributed by atoms with E-state index in [2.05, 4.69) is 12.2 Å². The Kier molecular flexibility index (Phi) is 17.0. The molecule has 0 fully saturated rings. The molecule has 1 amide bonds. The molecule has 7 heteroatoms. The lowest BCUT2D eigenvalue weighted by Gasteiger charge is -2.24. The summed E-state index contributed by atoms with van der Waals surface area (Å²) >= 11 is 5.75. The van der Waals surface area contributed by atoms with Crippen LogP contribution in [0.2, 0.25) is 0 Å². The molecule has 0 aliphatic rings. The van der Waals surface area contributed by atoms with E-state index in [4.69, 9.17) is 25.8 Å². The van der Waals surface area contributed by atoms with Gasteiger partial charge in [0.25, 0.3) is 0 Å². The number of amides is 1. The number of rotatable bonds is 17. The molecular formula is C21H43ClN2O4. The topological polar surface area (TPSA) is 60.0 Å². The third-order valence-corrected chi connectivity index (χ3v) is 4.51. The van der Waals surface area contributed by atoms with Gasteiger partial charge in [0.2, 0.25) is 0 Å². The third kappa shape index (κ3) is 18.8. The van der Waals surface area contributed by atoms with Crippen LogP contribution in [-0.2, 0) is 14.2 Å². The van der Waals surface area contributed by atoms with Crippen molar-refractivity contribution in [2.75, 3.05) is 52.4 Å². The monoisotopic (exact) mass is 422 g/mol. The minimum atomic E-state index is -0.459. The maximum Gasteiger partial charge on any atom is 0.410 e. The van der Waals surface area contributed by atoms with E-state index in [9.17, 15) is 4.79 Å². The first-order valence-corrected chi connectivity index (χ1v) is 11.2. The molecule has 28 heavy (non-hydrogen) atoms. The van der Waals surface area contributed by atoms with Gasteiger partial charge in [0.15, 0.2) is 0 Å². The summed E-state index contributed by atoms with van der Waals surface area (Å²) in [6, 6.07) is 0.406. The number of nitrogens with zero attached hydrogens (tertiary/aromatic N) is 1. The zero-order valence-corrected chi connectivity index (χ0v) is 19.5. The van der Waals surface area contributed by atoms with Crippen LogP contribution in [0.5, 0.6) is 0 Å². The summed E-state index contributed by atoms with van der Waals surface area (Å²) in [6.07, 6.45) is 6.52. The zero-order valence-electron chi connectivity index (χ0n) is 18.7. The first kappa shape index (κ1) is 27.4. The third-order valence-electron chi connectivity index (χ3n) is 4.05. The Balaban J connectivity index is 3.29. The lowest BCUT2D eigenvalue weighted by atomic mass is 10.1. The lowest BCUT2D eigenvalue weighted by Crippen LogP contribution is -2.35. The Morgan fingerprint density at radius 2 is 1.54 bits per heavy atom. The molecule has 0 aromatic heterocycles. The van der Waals surface area contributed by atoms with Crippen LogP contribution < -0.4 is 5.32 Å². The summed E-state index contributed by atoms with van der Waals surface area (Å²) < 4.78 is 16.4. The van der Waals surface area contributed by atoms with Crippen LogP contribution in [0.1, 0.15) is 66.2 Å². The summed E-state index contributed by atoms with van der Waals surface area (Å²) in [4.78, 5) is 13.4. The number of carbonyl (C=O) groups excluding carboxylic acids is 1. The number of carbonyl (C=O) groups is 1. The van der Waals surface area contributed by atoms with E-state index in [0.29, 0.717) is 38.3 Å². The van der Waals surface area contributed by atoms with Gasteiger partial charge in [-0.15, -0.1) is 11.6 Å². The van der Waals surface area contributed by atoms with Crippen molar-refractivity contribution < 1.29 is 19.0 Å². The van der Waals surface area contributed by atoms with E-state index >= 15 is 0 Å². The van der Waals surface area contributed by atoms with Crippen molar-refractivity contribution in [1.29, 1.82) is 0 Å². The Morgan fingerprint density at radius 3 is 2.14 bits per heavy atom.